The molecule has 0 amide bonds. The van der Waals surface area contributed by atoms with Gasteiger partial charge in [-0.1, -0.05) is 25.0 Å². The van der Waals surface area contributed by atoms with Crippen molar-refractivity contribution in [2.75, 3.05) is 0 Å². The van der Waals surface area contributed by atoms with Gasteiger partial charge in [-0.2, -0.15) is 5.10 Å². The average molecular weight is 338 g/mol. The third-order valence-corrected chi connectivity index (χ3v) is 4.20. The third kappa shape index (κ3) is 2.39. The molecule has 17 heavy (non-hydrogen) atoms. The van der Waals surface area contributed by atoms with Crippen molar-refractivity contribution in [1.29, 1.82) is 0 Å². The predicted octanol–water partition coefficient (Wildman–Crippen LogP) is 4.27. The second-order valence-electron chi connectivity index (χ2n) is 4.65. The lowest BCUT2D eigenvalue weighted by Gasteiger charge is -2.08. The van der Waals surface area contributed by atoms with Gasteiger partial charge in [-0.15, -0.1) is 0 Å². The number of nitrogens with zero attached hydrogens (tertiary/aromatic N) is 2. The summed E-state index contributed by atoms with van der Waals surface area (Å²) in [4.78, 5) is 0. The van der Waals surface area contributed by atoms with E-state index < -0.39 is 0 Å². The zero-order valence-electron chi connectivity index (χ0n) is 9.64. The summed E-state index contributed by atoms with van der Waals surface area (Å²) in [6, 6.07) is 9.24. The molecule has 1 saturated carbocycles. The van der Waals surface area contributed by atoms with Crippen molar-refractivity contribution in [3.8, 4) is 11.1 Å². The molecule has 1 aromatic carbocycles. The van der Waals surface area contributed by atoms with Crippen molar-refractivity contribution in [2.24, 2.45) is 0 Å². The van der Waals surface area contributed by atoms with Crippen LogP contribution < -0.4 is 0 Å². The van der Waals surface area contributed by atoms with Gasteiger partial charge in [0.05, 0.1) is 12.2 Å². The largest absolute Gasteiger partial charge is 0.269 e. The molecule has 0 N–H and O–H groups in total. The van der Waals surface area contributed by atoms with Crippen LogP contribution in [0.5, 0.6) is 0 Å². The number of aromatic nitrogens is 2. The number of halogens is 1. The molecule has 0 atom stereocenters. The van der Waals surface area contributed by atoms with Crippen molar-refractivity contribution in [3.63, 3.8) is 0 Å². The van der Waals surface area contributed by atoms with Gasteiger partial charge in [0.15, 0.2) is 0 Å². The SMILES string of the molecule is Ic1ccc(-c2cnn(C3CCCC3)c2)cc1. The zero-order chi connectivity index (χ0) is 11.7. The molecule has 2 aromatic rings. The lowest BCUT2D eigenvalue weighted by Crippen LogP contribution is -2.04. The molecule has 1 heterocycles. The summed E-state index contributed by atoms with van der Waals surface area (Å²) in [5.74, 6) is 0. The quantitative estimate of drug-likeness (QED) is 0.748. The Hall–Kier alpha value is -0.840. The maximum absolute atomic E-state index is 4.51. The molecule has 0 aliphatic heterocycles. The van der Waals surface area contributed by atoms with Gasteiger partial charge in [0, 0.05) is 15.3 Å². The lowest BCUT2D eigenvalue weighted by atomic mass is 10.1. The molecule has 1 aliphatic rings. The van der Waals surface area contributed by atoms with E-state index in [0.717, 1.165) is 0 Å². The minimum atomic E-state index is 0.632. The van der Waals surface area contributed by atoms with E-state index in [4.69, 9.17) is 0 Å². The van der Waals surface area contributed by atoms with E-state index in [9.17, 15) is 0 Å². The fourth-order valence-electron chi connectivity index (χ4n) is 2.50. The van der Waals surface area contributed by atoms with Crippen LogP contribution >= 0.6 is 22.6 Å². The van der Waals surface area contributed by atoms with Crippen LogP contribution in [-0.2, 0) is 0 Å². The Labute approximate surface area is 115 Å². The first-order valence-electron chi connectivity index (χ1n) is 6.13. The Kier molecular flexibility index (Phi) is 3.18. The molecule has 0 spiro atoms. The second kappa shape index (κ2) is 4.80. The summed E-state index contributed by atoms with van der Waals surface area (Å²) < 4.78 is 3.43. The van der Waals surface area contributed by atoms with Gasteiger partial charge in [0.2, 0.25) is 0 Å². The van der Waals surface area contributed by atoms with E-state index in [1.54, 1.807) is 0 Å². The van der Waals surface area contributed by atoms with E-state index in [1.165, 1.54) is 40.4 Å². The molecular weight excluding hydrogens is 323 g/mol. The number of hydrogen-bond donors (Lipinski definition) is 0. The Balaban J connectivity index is 1.86. The highest BCUT2D eigenvalue weighted by Crippen LogP contribution is 2.30. The maximum atomic E-state index is 4.51. The number of rotatable bonds is 2. The summed E-state index contributed by atoms with van der Waals surface area (Å²) in [7, 11) is 0. The molecule has 1 aromatic heterocycles. The standard InChI is InChI=1S/C14H15IN2/c15-13-7-5-11(6-8-13)12-9-16-17(10-12)14-3-1-2-4-14/h5-10,14H,1-4H2. The van der Waals surface area contributed by atoms with E-state index in [-0.39, 0.29) is 0 Å². The minimum Gasteiger partial charge on any atom is -0.269 e. The fraction of sp³-hybridized carbons (Fsp3) is 0.357. The molecule has 3 rings (SSSR count). The first kappa shape index (κ1) is 11.3. The Morgan fingerprint density at radius 1 is 1.06 bits per heavy atom. The van der Waals surface area contributed by atoms with Crippen LogP contribution in [0.3, 0.4) is 0 Å². The monoisotopic (exact) mass is 338 g/mol. The van der Waals surface area contributed by atoms with Crippen molar-refractivity contribution < 1.29 is 0 Å². The highest BCUT2D eigenvalue weighted by molar-refractivity contribution is 14.1. The van der Waals surface area contributed by atoms with E-state index in [1.807, 2.05) is 6.20 Å². The fourth-order valence-corrected chi connectivity index (χ4v) is 2.86. The highest BCUT2D eigenvalue weighted by atomic mass is 127. The molecule has 0 radical (unpaired) electrons. The highest BCUT2D eigenvalue weighted by Gasteiger charge is 2.17. The van der Waals surface area contributed by atoms with Gasteiger partial charge >= 0.3 is 0 Å². The molecule has 1 fully saturated rings. The first-order valence-corrected chi connectivity index (χ1v) is 7.21. The summed E-state index contributed by atoms with van der Waals surface area (Å²) in [6.45, 7) is 0. The van der Waals surface area contributed by atoms with Gasteiger partial charge in [0.25, 0.3) is 0 Å². The second-order valence-corrected chi connectivity index (χ2v) is 5.90. The van der Waals surface area contributed by atoms with Gasteiger partial charge in [-0.05, 0) is 53.1 Å². The van der Waals surface area contributed by atoms with Crippen LogP contribution in [0.4, 0.5) is 0 Å². The Morgan fingerprint density at radius 2 is 1.76 bits per heavy atom. The first-order chi connectivity index (χ1) is 8.33. The molecule has 3 heteroatoms. The number of benzene rings is 1. The van der Waals surface area contributed by atoms with Gasteiger partial charge in [0.1, 0.15) is 0 Å². The van der Waals surface area contributed by atoms with E-state index >= 15 is 0 Å². The van der Waals surface area contributed by atoms with Crippen molar-refractivity contribution in [1.82, 2.24) is 9.78 Å². The average Bonchev–Trinajstić information content (AvgIpc) is 3.00. The molecule has 0 unspecified atom stereocenters. The molecule has 0 saturated heterocycles. The summed E-state index contributed by atoms with van der Waals surface area (Å²) in [5.41, 5.74) is 2.49. The third-order valence-electron chi connectivity index (χ3n) is 3.48. The van der Waals surface area contributed by atoms with Crippen LogP contribution in [-0.4, -0.2) is 9.78 Å². The van der Waals surface area contributed by atoms with Crippen LogP contribution in [0.25, 0.3) is 11.1 Å². The van der Waals surface area contributed by atoms with Crippen LogP contribution in [0.2, 0.25) is 0 Å². The summed E-state index contributed by atoms with van der Waals surface area (Å²) >= 11 is 2.33. The maximum Gasteiger partial charge on any atom is 0.0568 e. The van der Waals surface area contributed by atoms with Gasteiger partial charge < -0.3 is 0 Å². The topological polar surface area (TPSA) is 17.8 Å². The van der Waals surface area contributed by atoms with E-state index in [2.05, 4.69) is 62.8 Å². The van der Waals surface area contributed by atoms with Crippen molar-refractivity contribution in [3.05, 3.63) is 40.2 Å². The van der Waals surface area contributed by atoms with E-state index in [0.29, 0.717) is 6.04 Å². The minimum absolute atomic E-state index is 0.632. The van der Waals surface area contributed by atoms with Gasteiger partial charge in [-0.3, -0.25) is 4.68 Å². The number of hydrogen-bond acceptors (Lipinski definition) is 1. The summed E-state index contributed by atoms with van der Waals surface area (Å²) in [5, 5.41) is 4.51. The van der Waals surface area contributed by atoms with Crippen LogP contribution in [0, 0.1) is 3.57 Å². The molecule has 2 nitrogen and oxygen atoms in total. The van der Waals surface area contributed by atoms with Crippen molar-refractivity contribution in [2.45, 2.75) is 31.7 Å². The summed E-state index contributed by atoms with van der Waals surface area (Å²) in [6.07, 6.45) is 9.45. The van der Waals surface area contributed by atoms with Crippen LogP contribution in [0.1, 0.15) is 31.7 Å². The zero-order valence-corrected chi connectivity index (χ0v) is 11.8. The normalized spacial score (nSPS) is 16.5. The molecular formula is C14H15IN2. The predicted molar refractivity (Wildman–Crippen MR) is 77.9 cm³/mol. The van der Waals surface area contributed by atoms with Crippen LogP contribution in [0.15, 0.2) is 36.7 Å². The molecule has 1 aliphatic carbocycles. The Bertz CT molecular complexity index is 495. The smallest absolute Gasteiger partial charge is 0.0568 e. The molecule has 0 bridgehead atoms. The van der Waals surface area contributed by atoms with Crippen molar-refractivity contribution >= 4 is 22.6 Å². The Morgan fingerprint density at radius 3 is 2.47 bits per heavy atom. The van der Waals surface area contributed by atoms with Gasteiger partial charge in [-0.25, -0.2) is 0 Å². The lowest BCUT2D eigenvalue weighted by molar-refractivity contribution is 0.467. The molecule has 88 valence electrons.